The van der Waals surface area contributed by atoms with Gasteiger partial charge in [0.2, 0.25) is 0 Å². The van der Waals surface area contributed by atoms with Crippen LogP contribution in [0.25, 0.3) is 0 Å². The number of alkyl halides is 2. The maximum Gasteiger partial charge on any atom is 0.304 e. The summed E-state index contributed by atoms with van der Waals surface area (Å²) in [5.41, 5.74) is 7.47. The second-order valence-electron chi connectivity index (χ2n) is 4.82. The summed E-state index contributed by atoms with van der Waals surface area (Å²) < 4.78 is 5.35. The monoisotopic (exact) mass is 348 g/mol. The first kappa shape index (κ1) is 18.9. The Kier molecular flexibility index (Phi) is 8.38. The van der Waals surface area contributed by atoms with Crippen LogP contribution in [-0.2, 0) is 4.79 Å². The molecule has 1 aromatic carbocycles. The van der Waals surface area contributed by atoms with E-state index in [1.807, 2.05) is 18.2 Å². The number of carboxylic acids is 1. The molecule has 5 nitrogen and oxygen atoms in total. The van der Waals surface area contributed by atoms with Gasteiger partial charge in [0.1, 0.15) is 5.75 Å². The van der Waals surface area contributed by atoms with E-state index in [1.165, 1.54) is 0 Å². The summed E-state index contributed by atoms with van der Waals surface area (Å²) in [6, 6.07) is 5.65. The molecule has 0 heterocycles. The molecule has 0 aliphatic carbocycles. The predicted octanol–water partition coefficient (Wildman–Crippen LogP) is 2.50. The maximum atomic E-state index is 11.0. The Morgan fingerprint density at radius 3 is 2.45 bits per heavy atom. The first-order chi connectivity index (χ1) is 10.6. The van der Waals surface area contributed by atoms with Gasteiger partial charge in [0.15, 0.2) is 0 Å². The van der Waals surface area contributed by atoms with Crippen molar-refractivity contribution in [3.05, 3.63) is 23.8 Å². The van der Waals surface area contributed by atoms with Gasteiger partial charge in [-0.25, -0.2) is 0 Å². The quantitative estimate of drug-likeness (QED) is 0.635. The third-order valence-corrected chi connectivity index (χ3v) is 3.77. The Labute approximate surface area is 140 Å². The Morgan fingerprint density at radius 1 is 1.36 bits per heavy atom. The molecule has 0 saturated carbocycles. The van der Waals surface area contributed by atoms with Gasteiger partial charge in [-0.2, -0.15) is 0 Å². The van der Waals surface area contributed by atoms with Crippen LogP contribution in [0.5, 0.6) is 5.75 Å². The number of rotatable bonds is 10. The summed E-state index contributed by atoms with van der Waals surface area (Å²) in [5, 5.41) is 9.05. The van der Waals surface area contributed by atoms with Crippen LogP contribution in [-0.4, -0.2) is 49.6 Å². The van der Waals surface area contributed by atoms with E-state index >= 15 is 0 Å². The van der Waals surface area contributed by atoms with E-state index in [0.717, 1.165) is 11.3 Å². The molecule has 0 radical (unpaired) electrons. The van der Waals surface area contributed by atoms with E-state index in [-0.39, 0.29) is 18.9 Å². The molecular weight excluding hydrogens is 327 g/mol. The van der Waals surface area contributed by atoms with E-state index in [9.17, 15) is 4.79 Å². The van der Waals surface area contributed by atoms with E-state index in [1.54, 1.807) is 7.11 Å². The van der Waals surface area contributed by atoms with Crippen molar-refractivity contribution in [3.63, 3.8) is 0 Å². The fourth-order valence-corrected chi connectivity index (χ4v) is 2.75. The van der Waals surface area contributed by atoms with Crippen LogP contribution in [0, 0.1) is 0 Å². The van der Waals surface area contributed by atoms with Gasteiger partial charge in [-0.1, -0.05) is 0 Å². The van der Waals surface area contributed by atoms with Crippen molar-refractivity contribution < 1.29 is 14.6 Å². The normalized spacial score (nSPS) is 12.0. The van der Waals surface area contributed by atoms with Crippen molar-refractivity contribution in [1.82, 2.24) is 0 Å². The van der Waals surface area contributed by atoms with Gasteiger partial charge < -0.3 is 20.5 Å². The van der Waals surface area contributed by atoms with Crippen LogP contribution in [0.15, 0.2) is 18.2 Å². The largest absolute Gasteiger partial charge is 0.496 e. The summed E-state index contributed by atoms with van der Waals surface area (Å²) in [6.45, 7) is 1.55. The zero-order valence-electron chi connectivity index (χ0n) is 12.6. The van der Waals surface area contributed by atoms with E-state index in [4.69, 9.17) is 38.8 Å². The van der Waals surface area contributed by atoms with Gasteiger partial charge in [0.25, 0.3) is 0 Å². The number of ether oxygens (including phenoxy) is 1. The topological polar surface area (TPSA) is 75.8 Å². The molecule has 1 rings (SSSR count). The van der Waals surface area contributed by atoms with Crippen LogP contribution in [0.4, 0.5) is 5.69 Å². The molecule has 0 aliphatic heterocycles. The minimum absolute atomic E-state index is 0.0404. The molecular formula is C15H22Cl2N2O3. The van der Waals surface area contributed by atoms with Crippen molar-refractivity contribution in [2.75, 3.05) is 43.4 Å². The van der Waals surface area contributed by atoms with Crippen molar-refractivity contribution in [1.29, 1.82) is 0 Å². The highest BCUT2D eigenvalue weighted by atomic mass is 35.5. The van der Waals surface area contributed by atoms with E-state index in [0.29, 0.717) is 30.6 Å². The highest BCUT2D eigenvalue weighted by molar-refractivity contribution is 6.18. The number of aliphatic carboxylic acids is 1. The Bertz CT molecular complexity index is 480. The van der Waals surface area contributed by atoms with E-state index in [2.05, 4.69) is 4.90 Å². The van der Waals surface area contributed by atoms with Crippen LogP contribution < -0.4 is 15.4 Å². The number of nitrogens with zero attached hydrogens (tertiary/aromatic N) is 1. The van der Waals surface area contributed by atoms with E-state index < -0.39 is 5.97 Å². The Hall–Kier alpha value is -1.17. The average molecular weight is 349 g/mol. The number of carbonyl (C=O) groups is 1. The summed E-state index contributed by atoms with van der Waals surface area (Å²) in [4.78, 5) is 13.1. The molecule has 124 valence electrons. The number of nitrogens with two attached hydrogens (primary N) is 1. The standard InChI is InChI=1S/C15H22Cl2N2O3/c1-22-14-3-2-12(19(6-4-16)7-5-17)9-13(14)11(10-18)8-15(20)21/h2-3,9,11H,4-8,10,18H2,1H3,(H,20,21). The molecule has 0 fully saturated rings. The third-order valence-electron chi connectivity index (χ3n) is 3.43. The fourth-order valence-electron chi connectivity index (χ4n) is 2.34. The van der Waals surface area contributed by atoms with Crippen LogP contribution in [0.1, 0.15) is 17.9 Å². The molecule has 22 heavy (non-hydrogen) atoms. The van der Waals surface area contributed by atoms with Gasteiger partial charge in [0, 0.05) is 42.0 Å². The molecule has 1 unspecified atom stereocenters. The average Bonchev–Trinajstić information content (AvgIpc) is 2.51. The lowest BCUT2D eigenvalue weighted by Gasteiger charge is -2.25. The molecule has 0 aromatic heterocycles. The highest BCUT2D eigenvalue weighted by Crippen LogP contribution is 2.32. The van der Waals surface area contributed by atoms with Gasteiger partial charge in [0.05, 0.1) is 13.5 Å². The Morgan fingerprint density at radius 2 is 2.00 bits per heavy atom. The SMILES string of the molecule is COc1ccc(N(CCCl)CCCl)cc1C(CN)CC(=O)O. The molecule has 1 atom stereocenters. The molecule has 0 spiro atoms. The highest BCUT2D eigenvalue weighted by Gasteiger charge is 2.20. The number of anilines is 1. The molecule has 1 aromatic rings. The lowest BCUT2D eigenvalue weighted by Crippen LogP contribution is -2.28. The van der Waals surface area contributed by atoms with Crippen LogP contribution in [0.2, 0.25) is 0 Å². The molecule has 0 bridgehead atoms. The summed E-state index contributed by atoms with van der Waals surface area (Å²) in [6.07, 6.45) is -0.0404. The molecule has 0 amide bonds. The number of halogens is 2. The fraction of sp³-hybridized carbons (Fsp3) is 0.533. The predicted molar refractivity (Wildman–Crippen MR) is 90.7 cm³/mol. The zero-order chi connectivity index (χ0) is 16.5. The molecule has 3 N–H and O–H groups in total. The van der Waals surface area contributed by atoms with Gasteiger partial charge in [-0.05, 0) is 24.7 Å². The minimum Gasteiger partial charge on any atom is -0.496 e. The van der Waals surface area contributed by atoms with Crippen molar-refractivity contribution in [3.8, 4) is 5.75 Å². The lowest BCUT2D eigenvalue weighted by atomic mass is 9.94. The second kappa shape index (κ2) is 9.77. The molecule has 0 saturated heterocycles. The first-order valence-electron chi connectivity index (χ1n) is 7.04. The Balaban J connectivity index is 3.17. The second-order valence-corrected chi connectivity index (χ2v) is 5.58. The van der Waals surface area contributed by atoms with Gasteiger partial charge in [-0.3, -0.25) is 4.79 Å². The van der Waals surface area contributed by atoms with Crippen molar-refractivity contribution in [2.24, 2.45) is 5.73 Å². The number of benzene rings is 1. The molecule has 0 aliphatic rings. The van der Waals surface area contributed by atoms with Crippen LogP contribution in [0.3, 0.4) is 0 Å². The smallest absolute Gasteiger partial charge is 0.304 e. The minimum atomic E-state index is -0.888. The molecule has 7 heteroatoms. The van der Waals surface area contributed by atoms with Crippen LogP contribution >= 0.6 is 23.2 Å². The number of hydrogen-bond acceptors (Lipinski definition) is 4. The number of hydrogen-bond donors (Lipinski definition) is 2. The van der Waals surface area contributed by atoms with Gasteiger partial charge in [-0.15, -0.1) is 23.2 Å². The lowest BCUT2D eigenvalue weighted by molar-refractivity contribution is -0.137. The number of carboxylic acid groups (broad SMARTS) is 1. The summed E-state index contributed by atoms with van der Waals surface area (Å²) >= 11 is 11.7. The zero-order valence-corrected chi connectivity index (χ0v) is 14.1. The maximum absolute atomic E-state index is 11.0. The van der Waals surface area contributed by atoms with Gasteiger partial charge >= 0.3 is 5.97 Å². The third kappa shape index (κ3) is 5.23. The number of methoxy groups -OCH3 is 1. The first-order valence-corrected chi connectivity index (χ1v) is 8.10. The van der Waals surface area contributed by atoms with Crippen molar-refractivity contribution >= 4 is 34.9 Å². The summed E-state index contributed by atoms with van der Waals surface area (Å²) in [5.74, 6) is 0.404. The summed E-state index contributed by atoms with van der Waals surface area (Å²) in [7, 11) is 1.56. The van der Waals surface area contributed by atoms with Crippen molar-refractivity contribution in [2.45, 2.75) is 12.3 Å².